The Morgan fingerprint density at radius 3 is 2.39 bits per heavy atom. The van der Waals surface area contributed by atoms with E-state index >= 15 is 0 Å². The summed E-state index contributed by atoms with van der Waals surface area (Å²) in [7, 11) is 1.55. The molecule has 0 amide bonds. The molecule has 0 aliphatic rings. The van der Waals surface area contributed by atoms with Gasteiger partial charge < -0.3 is 4.74 Å². The van der Waals surface area contributed by atoms with Crippen molar-refractivity contribution in [2.45, 2.75) is 0 Å². The number of methoxy groups -OCH3 is 1. The Morgan fingerprint density at radius 1 is 1.00 bits per heavy atom. The Labute approximate surface area is 124 Å². The highest BCUT2D eigenvalue weighted by Crippen LogP contribution is 2.37. The van der Waals surface area contributed by atoms with Gasteiger partial charge in [-0.1, -0.05) is 46.4 Å². The molecule has 0 unspecified atom stereocenters. The molecule has 2 aromatic rings. The zero-order valence-corrected chi connectivity index (χ0v) is 12.2. The molecule has 0 bridgehead atoms. The largest absolute Gasteiger partial charge is 0.496 e. The average Bonchev–Trinajstić information content (AvgIpc) is 2.34. The minimum atomic E-state index is 0.179. The number of ether oxygens (including phenoxy) is 1. The molecule has 2 nitrogen and oxygen atoms in total. The summed E-state index contributed by atoms with van der Waals surface area (Å²) in [5.41, 5.74) is 1.14. The van der Waals surface area contributed by atoms with E-state index in [9.17, 15) is 0 Å². The summed E-state index contributed by atoms with van der Waals surface area (Å²) in [5.74, 6) is 0.604. The normalized spacial score (nSPS) is 10.5. The molecule has 1 heterocycles. The Kier molecular flexibility index (Phi) is 4.23. The predicted octanol–water partition coefficient (Wildman–Crippen LogP) is 5.37. The van der Waals surface area contributed by atoms with Crippen molar-refractivity contribution < 1.29 is 4.74 Å². The fourth-order valence-electron chi connectivity index (χ4n) is 1.50. The van der Waals surface area contributed by atoms with Gasteiger partial charge in [-0.2, -0.15) is 0 Å². The summed E-state index contributed by atoms with van der Waals surface area (Å²) >= 11 is 23.8. The molecular formula is C12H7Cl4NO. The lowest BCUT2D eigenvalue weighted by molar-refractivity contribution is 0.416. The summed E-state index contributed by atoms with van der Waals surface area (Å²) in [4.78, 5) is 4.16. The Morgan fingerprint density at radius 2 is 1.72 bits per heavy atom. The van der Waals surface area contributed by atoms with Gasteiger partial charge in [-0.3, -0.25) is 0 Å². The van der Waals surface area contributed by atoms with Gasteiger partial charge in [-0.25, -0.2) is 4.98 Å². The molecule has 0 saturated carbocycles. The van der Waals surface area contributed by atoms with Gasteiger partial charge in [0.15, 0.2) is 0 Å². The molecule has 0 fully saturated rings. The highest BCUT2D eigenvalue weighted by molar-refractivity contribution is 6.43. The first kappa shape index (κ1) is 13.8. The van der Waals surface area contributed by atoms with Crippen LogP contribution in [-0.4, -0.2) is 12.1 Å². The maximum Gasteiger partial charge on any atom is 0.148 e. The third-order valence-corrected chi connectivity index (χ3v) is 3.50. The van der Waals surface area contributed by atoms with Crippen LogP contribution in [0.3, 0.4) is 0 Å². The summed E-state index contributed by atoms with van der Waals surface area (Å²) in [6.45, 7) is 0. The SMILES string of the molecule is COc1ccc(Cl)cc1-c1nc(Cl)c(Cl)cc1Cl. The quantitative estimate of drug-likeness (QED) is 0.693. The third-order valence-electron chi connectivity index (χ3n) is 2.30. The van der Waals surface area contributed by atoms with Crippen LogP contribution < -0.4 is 4.74 Å². The number of aromatic nitrogens is 1. The van der Waals surface area contributed by atoms with Gasteiger partial charge in [0.2, 0.25) is 0 Å². The number of hydrogen-bond acceptors (Lipinski definition) is 2. The molecule has 1 aromatic carbocycles. The smallest absolute Gasteiger partial charge is 0.148 e. The zero-order valence-electron chi connectivity index (χ0n) is 9.18. The van der Waals surface area contributed by atoms with Crippen LogP contribution in [-0.2, 0) is 0 Å². The van der Waals surface area contributed by atoms with E-state index in [1.807, 2.05) is 0 Å². The van der Waals surface area contributed by atoms with Crippen molar-refractivity contribution in [2.24, 2.45) is 0 Å². The summed E-state index contributed by atoms with van der Waals surface area (Å²) in [6.07, 6.45) is 0. The molecule has 6 heteroatoms. The van der Waals surface area contributed by atoms with E-state index in [-0.39, 0.29) is 5.15 Å². The summed E-state index contributed by atoms with van der Waals surface area (Å²) in [6, 6.07) is 6.69. The van der Waals surface area contributed by atoms with Gasteiger partial charge in [-0.05, 0) is 24.3 Å². The maximum atomic E-state index is 6.11. The van der Waals surface area contributed by atoms with E-state index in [0.717, 1.165) is 0 Å². The van der Waals surface area contributed by atoms with E-state index in [1.165, 1.54) is 6.07 Å². The fraction of sp³-hybridized carbons (Fsp3) is 0.0833. The second-order valence-electron chi connectivity index (χ2n) is 3.44. The van der Waals surface area contributed by atoms with Crippen LogP contribution in [0.5, 0.6) is 5.75 Å². The van der Waals surface area contributed by atoms with Gasteiger partial charge in [0.05, 0.1) is 22.8 Å². The summed E-state index contributed by atoms with van der Waals surface area (Å²) < 4.78 is 5.25. The molecular weight excluding hydrogens is 316 g/mol. The van der Waals surface area contributed by atoms with Crippen LogP contribution in [0.4, 0.5) is 0 Å². The number of hydrogen-bond donors (Lipinski definition) is 0. The molecule has 94 valence electrons. The first-order chi connectivity index (χ1) is 8.52. The van der Waals surface area contributed by atoms with E-state index in [0.29, 0.717) is 32.1 Å². The van der Waals surface area contributed by atoms with Gasteiger partial charge in [0.1, 0.15) is 10.9 Å². The van der Waals surface area contributed by atoms with Gasteiger partial charge in [0.25, 0.3) is 0 Å². The van der Waals surface area contributed by atoms with Crippen molar-refractivity contribution in [3.63, 3.8) is 0 Å². The van der Waals surface area contributed by atoms with E-state index in [1.54, 1.807) is 25.3 Å². The first-order valence-electron chi connectivity index (χ1n) is 4.88. The molecule has 0 saturated heterocycles. The molecule has 0 N–H and O–H groups in total. The highest BCUT2D eigenvalue weighted by Gasteiger charge is 2.14. The standard InChI is InChI=1S/C12H7Cl4NO/c1-18-10-3-2-6(13)4-7(10)11-8(14)5-9(15)12(16)17-11/h2-5H,1H3. The minimum Gasteiger partial charge on any atom is -0.496 e. The van der Waals surface area contributed by atoms with E-state index < -0.39 is 0 Å². The number of halogens is 4. The monoisotopic (exact) mass is 321 g/mol. The summed E-state index contributed by atoms with van der Waals surface area (Å²) in [5, 5.41) is 1.41. The minimum absolute atomic E-state index is 0.179. The molecule has 0 aliphatic heterocycles. The van der Waals surface area contributed by atoms with Crippen LogP contribution >= 0.6 is 46.4 Å². The highest BCUT2D eigenvalue weighted by atomic mass is 35.5. The molecule has 18 heavy (non-hydrogen) atoms. The van der Waals surface area contributed by atoms with Gasteiger partial charge in [-0.15, -0.1) is 0 Å². The maximum absolute atomic E-state index is 6.11. The Balaban J connectivity index is 2.68. The van der Waals surface area contributed by atoms with Crippen molar-refractivity contribution in [1.82, 2.24) is 4.98 Å². The van der Waals surface area contributed by atoms with E-state index in [4.69, 9.17) is 51.1 Å². The van der Waals surface area contributed by atoms with Crippen molar-refractivity contribution in [3.8, 4) is 17.0 Å². The van der Waals surface area contributed by atoms with Gasteiger partial charge >= 0.3 is 0 Å². The lowest BCUT2D eigenvalue weighted by Gasteiger charge is -2.10. The number of benzene rings is 1. The third kappa shape index (κ3) is 2.67. The molecule has 0 spiro atoms. The van der Waals surface area contributed by atoms with Crippen molar-refractivity contribution >= 4 is 46.4 Å². The van der Waals surface area contributed by atoms with Gasteiger partial charge in [0, 0.05) is 10.6 Å². The Hall–Kier alpha value is -0.670. The Bertz CT molecular complexity index is 601. The molecule has 0 atom stereocenters. The van der Waals surface area contributed by atoms with Crippen LogP contribution in [0.2, 0.25) is 20.2 Å². The molecule has 1 aromatic heterocycles. The van der Waals surface area contributed by atoms with Crippen molar-refractivity contribution in [3.05, 3.63) is 44.5 Å². The first-order valence-corrected chi connectivity index (χ1v) is 6.39. The zero-order chi connectivity index (χ0) is 13.3. The van der Waals surface area contributed by atoms with E-state index in [2.05, 4.69) is 4.98 Å². The number of rotatable bonds is 2. The fourth-order valence-corrected chi connectivity index (χ4v) is 2.27. The lowest BCUT2D eigenvalue weighted by Crippen LogP contribution is -1.92. The molecule has 0 aliphatic carbocycles. The van der Waals surface area contributed by atoms with Crippen LogP contribution in [0, 0.1) is 0 Å². The van der Waals surface area contributed by atoms with Crippen molar-refractivity contribution in [1.29, 1.82) is 0 Å². The average molecular weight is 323 g/mol. The molecule has 2 rings (SSSR count). The number of pyridine rings is 1. The van der Waals surface area contributed by atoms with Crippen LogP contribution in [0.15, 0.2) is 24.3 Å². The topological polar surface area (TPSA) is 22.1 Å². The second-order valence-corrected chi connectivity index (χ2v) is 5.04. The van der Waals surface area contributed by atoms with Crippen molar-refractivity contribution in [2.75, 3.05) is 7.11 Å². The lowest BCUT2D eigenvalue weighted by atomic mass is 10.1. The second kappa shape index (κ2) is 5.54. The van der Waals surface area contributed by atoms with Crippen LogP contribution in [0.25, 0.3) is 11.3 Å². The predicted molar refractivity (Wildman–Crippen MR) is 76.3 cm³/mol. The van der Waals surface area contributed by atoms with Crippen LogP contribution in [0.1, 0.15) is 0 Å². The molecule has 0 radical (unpaired) electrons. The number of nitrogens with zero attached hydrogens (tertiary/aromatic N) is 1.